The Labute approximate surface area is 200 Å². The van der Waals surface area contributed by atoms with Gasteiger partial charge in [0.05, 0.1) is 17.2 Å². The number of carbonyl (C=O) groups is 1. The number of benzene rings is 2. The maximum atomic E-state index is 13.3. The van der Waals surface area contributed by atoms with Crippen molar-refractivity contribution in [3.05, 3.63) is 58.6 Å². The lowest BCUT2D eigenvalue weighted by atomic mass is 10.1. The summed E-state index contributed by atoms with van der Waals surface area (Å²) in [6, 6.07) is 12.8. The van der Waals surface area contributed by atoms with Gasteiger partial charge in [-0.3, -0.25) is 4.79 Å². The molecule has 7 nitrogen and oxygen atoms in total. The predicted molar refractivity (Wildman–Crippen MR) is 130 cm³/mol. The highest BCUT2D eigenvalue weighted by molar-refractivity contribution is 7.89. The molecular weight excluding hydrogens is 462 g/mol. The Balaban J connectivity index is 1.50. The van der Waals surface area contributed by atoms with E-state index in [-0.39, 0.29) is 41.1 Å². The number of sulfonamides is 1. The molecule has 2 aliphatic heterocycles. The molecule has 4 rings (SSSR count). The Kier molecular flexibility index (Phi) is 7.00. The Morgan fingerprint density at radius 1 is 1.00 bits per heavy atom. The molecule has 0 saturated carbocycles. The summed E-state index contributed by atoms with van der Waals surface area (Å²) in [5.74, 6) is -0.185. The monoisotopic (exact) mass is 491 g/mol. The zero-order valence-corrected chi connectivity index (χ0v) is 20.8. The van der Waals surface area contributed by atoms with Crippen LogP contribution in [0, 0.1) is 6.92 Å². The maximum Gasteiger partial charge on any atom is 0.254 e. The lowest BCUT2D eigenvalue weighted by Crippen LogP contribution is -2.49. The largest absolute Gasteiger partial charge is 0.373 e. The van der Waals surface area contributed by atoms with Gasteiger partial charge in [-0.2, -0.15) is 4.31 Å². The number of nitrogens with zero attached hydrogens (tertiary/aromatic N) is 3. The molecular formula is C24H30ClN3O4S. The van der Waals surface area contributed by atoms with Crippen molar-refractivity contribution in [2.24, 2.45) is 0 Å². The normalized spacial score (nSPS) is 22.4. The molecule has 2 aromatic rings. The van der Waals surface area contributed by atoms with Crippen molar-refractivity contribution in [1.82, 2.24) is 9.21 Å². The van der Waals surface area contributed by atoms with Crippen molar-refractivity contribution in [2.75, 3.05) is 44.2 Å². The minimum absolute atomic E-state index is 0.0327. The van der Waals surface area contributed by atoms with E-state index in [4.69, 9.17) is 16.3 Å². The van der Waals surface area contributed by atoms with Crippen LogP contribution in [-0.2, 0) is 14.8 Å². The van der Waals surface area contributed by atoms with Gasteiger partial charge in [-0.05, 0) is 56.7 Å². The molecule has 33 heavy (non-hydrogen) atoms. The van der Waals surface area contributed by atoms with Crippen LogP contribution in [0.15, 0.2) is 47.4 Å². The van der Waals surface area contributed by atoms with Gasteiger partial charge in [0, 0.05) is 50.5 Å². The van der Waals surface area contributed by atoms with Gasteiger partial charge in [0.1, 0.15) is 4.90 Å². The number of piperazine rings is 1. The molecule has 0 radical (unpaired) electrons. The summed E-state index contributed by atoms with van der Waals surface area (Å²) in [6.07, 6.45) is -0.423. The van der Waals surface area contributed by atoms with Crippen LogP contribution in [0.5, 0.6) is 0 Å². The molecule has 2 atom stereocenters. The fourth-order valence-electron chi connectivity index (χ4n) is 4.48. The first-order valence-corrected chi connectivity index (χ1v) is 13.0. The van der Waals surface area contributed by atoms with Crippen molar-refractivity contribution in [2.45, 2.75) is 37.9 Å². The van der Waals surface area contributed by atoms with Gasteiger partial charge in [-0.25, -0.2) is 8.42 Å². The van der Waals surface area contributed by atoms with Crippen molar-refractivity contribution in [1.29, 1.82) is 0 Å². The van der Waals surface area contributed by atoms with Crippen LogP contribution in [0.25, 0.3) is 0 Å². The van der Waals surface area contributed by atoms with E-state index in [9.17, 15) is 13.2 Å². The fraction of sp³-hybridized carbons (Fsp3) is 0.458. The number of halogens is 1. The first kappa shape index (κ1) is 24.0. The number of aryl methyl sites for hydroxylation is 1. The van der Waals surface area contributed by atoms with E-state index in [1.54, 1.807) is 11.0 Å². The highest BCUT2D eigenvalue weighted by atomic mass is 35.5. The number of carbonyl (C=O) groups excluding carboxylic acids is 1. The molecule has 1 amide bonds. The molecule has 2 aromatic carbocycles. The van der Waals surface area contributed by atoms with Gasteiger partial charge in [0.2, 0.25) is 10.0 Å². The van der Waals surface area contributed by atoms with Crippen molar-refractivity contribution in [3.63, 3.8) is 0 Å². The molecule has 2 unspecified atom stereocenters. The third-order valence-corrected chi connectivity index (χ3v) is 8.43. The van der Waals surface area contributed by atoms with Gasteiger partial charge in [-0.15, -0.1) is 0 Å². The number of morpholine rings is 1. The van der Waals surface area contributed by atoms with E-state index < -0.39 is 10.0 Å². The molecule has 178 valence electrons. The van der Waals surface area contributed by atoms with Gasteiger partial charge in [-0.1, -0.05) is 23.7 Å². The van der Waals surface area contributed by atoms with Crippen molar-refractivity contribution >= 4 is 33.2 Å². The minimum atomic E-state index is -3.85. The van der Waals surface area contributed by atoms with Crippen molar-refractivity contribution in [3.8, 4) is 0 Å². The summed E-state index contributed by atoms with van der Waals surface area (Å²) < 4.78 is 33.7. The number of hydrogen-bond donors (Lipinski definition) is 0. The first-order valence-electron chi connectivity index (χ1n) is 11.2. The zero-order valence-electron chi connectivity index (χ0n) is 19.2. The van der Waals surface area contributed by atoms with Crippen LogP contribution < -0.4 is 4.90 Å². The van der Waals surface area contributed by atoms with E-state index in [0.29, 0.717) is 18.7 Å². The molecule has 2 heterocycles. The fourth-order valence-corrected chi connectivity index (χ4v) is 6.57. The van der Waals surface area contributed by atoms with Crippen molar-refractivity contribution < 1.29 is 17.9 Å². The molecule has 2 aliphatic rings. The minimum Gasteiger partial charge on any atom is -0.373 e. The topological polar surface area (TPSA) is 70.2 Å². The molecule has 0 N–H and O–H groups in total. The quantitative estimate of drug-likeness (QED) is 0.655. The number of hydrogen-bond acceptors (Lipinski definition) is 5. The zero-order chi connectivity index (χ0) is 23.8. The third-order valence-electron chi connectivity index (χ3n) is 6.12. The summed E-state index contributed by atoms with van der Waals surface area (Å²) in [5, 5.41) is 0.114. The lowest BCUT2D eigenvalue weighted by Gasteiger charge is -2.36. The molecule has 0 aliphatic carbocycles. The van der Waals surface area contributed by atoms with Crippen LogP contribution in [0.3, 0.4) is 0 Å². The standard InChI is InChI=1S/C24H30ClN3O4S/c1-17-5-4-6-21(13-17)26-9-11-27(12-10-26)24(29)20-7-8-22(25)23(14-20)33(30,31)28-15-18(2)32-19(3)16-28/h4-8,13-14,18-19H,9-12,15-16H2,1-3H3. The molecule has 2 saturated heterocycles. The van der Waals surface area contributed by atoms with E-state index in [1.165, 1.54) is 22.0 Å². The van der Waals surface area contributed by atoms with Gasteiger partial charge < -0.3 is 14.5 Å². The van der Waals surface area contributed by atoms with E-state index in [1.807, 2.05) is 19.9 Å². The Morgan fingerprint density at radius 3 is 2.30 bits per heavy atom. The van der Waals surface area contributed by atoms with E-state index >= 15 is 0 Å². The third kappa shape index (κ3) is 5.19. The van der Waals surface area contributed by atoms with Gasteiger partial charge in [0.25, 0.3) is 5.91 Å². The molecule has 0 aromatic heterocycles. The van der Waals surface area contributed by atoms with Crippen LogP contribution in [0.4, 0.5) is 5.69 Å². The van der Waals surface area contributed by atoms with Crippen LogP contribution >= 0.6 is 11.6 Å². The number of anilines is 1. The maximum absolute atomic E-state index is 13.3. The molecule has 0 spiro atoms. The van der Waals surface area contributed by atoms with E-state index in [2.05, 4.69) is 30.0 Å². The molecule has 9 heteroatoms. The predicted octanol–water partition coefficient (Wildman–Crippen LogP) is 3.41. The second kappa shape index (κ2) is 9.62. The molecule has 2 fully saturated rings. The SMILES string of the molecule is Cc1cccc(N2CCN(C(=O)c3ccc(Cl)c(S(=O)(=O)N4CC(C)OC(C)C4)c3)CC2)c1. The summed E-state index contributed by atoms with van der Waals surface area (Å²) in [5.41, 5.74) is 2.68. The molecule has 0 bridgehead atoms. The Morgan fingerprint density at radius 2 is 1.67 bits per heavy atom. The van der Waals surface area contributed by atoms with Crippen LogP contribution in [0.1, 0.15) is 29.8 Å². The first-order chi connectivity index (χ1) is 15.6. The van der Waals surface area contributed by atoms with Gasteiger partial charge >= 0.3 is 0 Å². The lowest BCUT2D eigenvalue weighted by molar-refractivity contribution is -0.0440. The van der Waals surface area contributed by atoms with Gasteiger partial charge in [0.15, 0.2) is 0 Å². The highest BCUT2D eigenvalue weighted by Crippen LogP contribution is 2.29. The second-order valence-corrected chi connectivity index (χ2v) is 11.2. The average molecular weight is 492 g/mol. The average Bonchev–Trinajstić information content (AvgIpc) is 2.78. The van der Waals surface area contributed by atoms with Crippen LogP contribution in [-0.4, -0.2) is 75.0 Å². The summed E-state index contributed by atoms with van der Waals surface area (Å²) in [4.78, 5) is 17.2. The Hall–Kier alpha value is -2.13. The van der Waals surface area contributed by atoms with E-state index in [0.717, 1.165) is 18.8 Å². The summed E-state index contributed by atoms with van der Waals surface area (Å²) >= 11 is 6.29. The second-order valence-electron chi connectivity index (χ2n) is 8.84. The summed E-state index contributed by atoms with van der Waals surface area (Å²) in [6.45, 7) is 8.82. The smallest absolute Gasteiger partial charge is 0.254 e. The highest BCUT2D eigenvalue weighted by Gasteiger charge is 2.34. The Bertz CT molecular complexity index is 1120. The van der Waals surface area contributed by atoms with Crippen LogP contribution in [0.2, 0.25) is 5.02 Å². The number of rotatable bonds is 4. The number of amides is 1. The number of ether oxygens (including phenoxy) is 1. The summed E-state index contributed by atoms with van der Waals surface area (Å²) in [7, 11) is -3.85.